The number of carbonyl (C=O) groups excluding carboxylic acids is 1. The maximum absolute atomic E-state index is 13.1. The van der Waals surface area contributed by atoms with Crippen LogP contribution in [0.1, 0.15) is 28.4 Å². The summed E-state index contributed by atoms with van der Waals surface area (Å²) in [5, 5.41) is 0. The lowest BCUT2D eigenvalue weighted by molar-refractivity contribution is 0.0992. The van der Waals surface area contributed by atoms with Gasteiger partial charge in [0.2, 0.25) is 0 Å². The average Bonchev–Trinajstić information content (AvgIpc) is 2.37. The largest absolute Gasteiger partial charge is 0.294 e. The van der Waals surface area contributed by atoms with Gasteiger partial charge in [-0.25, -0.2) is 8.78 Å². The first kappa shape index (κ1) is 13.3. The average molecular weight is 261 g/mol. The fourth-order valence-corrected chi connectivity index (χ4v) is 1.97. The standard InChI is InChI=1S/C15H13F2NO/c1-2-11-9-18-4-3-14(11)15(19)7-10-5-12(16)8-13(17)6-10/h3-6,8-9H,2,7H2,1H3. The highest BCUT2D eigenvalue weighted by Gasteiger charge is 2.12. The van der Waals surface area contributed by atoms with Crippen LogP contribution in [0.4, 0.5) is 8.78 Å². The molecule has 0 atom stereocenters. The highest BCUT2D eigenvalue weighted by Crippen LogP contribution is 2.14. The summed E-state index contributed by atoms with van der Waals surface area (Å²) in [6, 6.07) is 4.77. The third-order valence-corrected chi connectivity index (χ3v) is 2.87. The van der Waals surface area contributed by atoms with Crippen molar-refractivity contribution in [1.29, 1.82) is 0 Å². The van der Waals surface area contributed by atoms with Gasteiger partial charge in [-0.05, 0) is 35.7 Å². The van der Waals surface area contributed by atoms with Gasteiger partial charge in [-0.3, -0.25) is 9.78 Å². The summed E-state index contributed by atoms with van der Waals surface area (Å²) in [4.78, 5) is 16.1. The highest BCUT2D eigenvalue weighted by atomic mass is 19.1. The van der Waals surface area contributed by atoms with Gasteiger partial charge in [0.05, 0.1) is 0 Å². The summed E-state index contributed by atoms with van der Waals surface area (Å²) < 4.78 is 26.1. The van der Waals surface area contributed by atoms with E-state index in [0.717, 1.165) is 11.6 Å². The number of benzene rings is 1. The fourth-order valence-electron chi connectivity index (χ4n) is 1.97. The fraction of sp³-hybridized carbons (Fsp3) is 0.200. The molecule has 0 aliphatic heterocycles. The molecule has 0 spiro atoms. The molecular weight excluding hydrogens is 248 g/mol. The maximum Gasteiger partial charge on any atom is 0.167 e. The van der Waals surface area contributed by atoms with Crippen LogP contribution in [0.15, 0.2) is 36.7 Å². The lowest BCUT2D eigenvalue weighted by Crippen LogP contribution is -2.07. The molecule has 0 aliphatic rings. The minimum atomic E-state index is -0.673. The predicted octanol–water partition coefficient (Wildman–Crippen LogP) is 3.35. The Kier molecular flexibility index (Phi) is 4.00. The van der Waals surface area contributed by atoms with E-state index in [2.05, 4.69) is 4.98 Å². The third-order valence-electron chi connectivity index (χ3n) is 2.87. The molecular formula is C15H13F2NO. The summed E-state index contributed by atoms with van der Waals surface area (Å²) in [5.41, 5.74) is 1.73. The zero-order valence-electron chi connectivity index (χ0n) is 10.5. The maximum atomic E-state index is 13.1. The van der Waals surface area contributed by atoms with E-state index in [1.165, 1.54) is 12.1 Å². The van der Waals surface area contributed by atoms with Crippen LogP contribution in [0.5, 0.6) is 0 Å². The van der Waals surface area contributed by atoms with Gasteiger partial charge in [0.25, 0.3) is 0 Å². The van der Waals surface area contributed by atoms with Crippen LogP contribution in [0.2, 0.25) is 0 Å². The van der Waals surface area contributed by atoms with E-state index in [1.807, 2.05) is 6.92 Å². The molecule has 19 heavy (non-hydrogen) atoms. The van der Waals surface area contributed by atoms with Crippen LogP contribution in [-0.4, -0.2) is 10.8 Å². The van der Waals surface area contributed by atoms with Crippen LogP contribution < -0.4 is 0 Å². The number of halogens is 2. The lowest BCUT2D eigenvalue weighted by atomic mass is 9.99. The zero-order valence-corrected chi connectivity index (χ0v) is 10.5. The van der Waals surface area contributed by atoms with Crippen molar-refractivity contribution in [3.05, 3.63) is 65.0 Å². The van der Waals surface area contributed by atoms with Crippen molar-refractivity contribution in [2.45, 2.75) is 19.8 Å². The molecule has 0 unspecified atom stereocenters. The van der Waals surface area contributed by atoms with Gasteiger partial charge >= 0.3 is 0 Å². The molecule has 2 nitrogen and oxygen atoms in total. The smallest absolute Gasteiger partial charge is 0.167 e. The van der Waals surface area contributed by atoms with Gasteiger partial charge in [-0.15, -0.1) is 0 Å². The predicted molar refractivity (Wildman–Crippen MR) is 68.0 cm³/mol. The van der Waals surface area contributed by atoms with Crippen molar-refractivity contribution in [3.8, 4) is 0 Å². The summed E-state index contributed by atoms with van der Waals surface area (Å²) >= 11 is 0. The Balaban J connectivity index is 2.25. The minimum absolute atomic E-state index is 0.0221. The van der Waals surface area contributed by atoms with Gasteiger partial charge < -0.3 is 0 Å². The minimum Gasteiger partial charge on any atom is -0.294 e. The molecule has 0 fully saturated rings. The Morgan fingerprint density at radius 2 is 1.89 bits per heavy atom. The number of carbonyl (C=O) groups is 1. The van der Waals surface area contributed by atoms with Gasteiger partial charge in [-0.1, -0.05) is 6.92 Å². The number of nitrogens with zero attached hydrogens (tertiary/aromatic N) is 1. The monoisotopic (exact) mass is 261 g/mol. The van der Waals surface area contributed by atoms with E-state index < -0.39 is 11.6 Å². The van der Waals surface area contributed by atoms with Crippen molar-refractivity contribution >= 4 is 5.78 Å². The summed E-state index contributed by atoms with van der Waals surface area (Å²) in [5.74, 6) is -1.51. The second-order valence-electron chi connectivity index (χ2n) is 4.26. The number of aryl methyl sites for hydroxylation is 1. The molecule has 2 aromatic rings. The van der Waals surface area contributed by atoms with Crippen molar-refractivity contribution in [3.63, 3.8) is 0 Å². The Morgan fingerprint density at radius 1 is 1.21 bits per heavy atom. The van der Waals surface area contributed by atoms with Gasteiger partial charge in [0.1, 0.15) is 11.6 Å². The lowest BCUT2D eigenvalue weighted by Gasteiger charge is -2.06. The van der Waals surface area contributed by atoms with Gasteiger partial charge in [0.15, 0.2) is 5.78 Å². The Labute approximate surface area is 110 Å². The summed E-state index contributed by atoms with van der Waals surface area (Å²) in [6.07, 6.45) is 3.84. The van der Waals surface area contributed by atoms with Crippen molar-refractivity contribution < 1.29 is 13.6 Å². The van der Waals surface area contributed by atoms with Crippen LogP contribution >= 0.6 is 0 Å². The van der Waals surface area contributed by atoms with Crippen molar-refractivity contribution in [2.75, 3.05) is 0 Å². The second kappa shape index (κ2) is 5.69. The third kappa shape index (κ3) is 3.22. The molecule has 1 aromatic carbocycles. The molecule has 0 amide bonds. The molecule has 1 heterocycles. The highest BCUT2D eigenvalue weighted by molar-refractivity contribution is 5.98. The SMILES string of the molecule is CCc1cnccc1C(=O)Cc1cc(F)cc(F)c1. The Morgan fingerprint density at radius 3 is 2.53 bits per heavy atom. The van der Waals surface area contributed by atoms with Gasteiger partial charge in [0, 0.05) is 30.4 Å². The van der Waals surface area contributed by atoms with Crippen molar-refractivity contribution in [2.24, 2.45) is 0 Å². The summed E-state index contributed by atoms with van der Waals surface area (Å²) in [7, 11) is 0. The molecule has 0 bridgehead atoms. The number of rotatable bonds is 4. The first-order valence-corrected chi connectivity index (χ1v) is 6.01. The van der Waals surface area contributed by atoms with E-state index in [-0.39, 0.29) is 12.2 Å². The number of pyridine rings is 1. The number of aromatic nitrogens is 1. The van der Waals surface area contributed by atoms with E-state index in [4.69, 9.17) is 0 Å². The topological polar surface area (TPSA) is 30.0 Å². The zero-order chi connectivity index (χ0) is 13.8. The number of ketones is 1. The first-order chi connectivity index (χ1) is 9.10. The van der Waals surface area contributed by atoms with Gasteiger partial charge in [-0.2, -0.15) is 0 Å². The number of hydrogen-bond donors (Lipinski definition) is 0. The second-order valence-corrected chi connectivity index (χ2v) is 4.26. The molecule has 1 aromatic heterocycles. The number of hydrogen-bond acceptors (Lipinski definition) is 2. The van der Waals surface area contributed by atoms with E-state index in [0.29, 0.717) is 17.5 Å². The molecule has 0 aliphatic carbocycles. The van der Waals surface area contributed by atoms with E-state index >= 15 is 0 Å². The van der Waals surface area contributed by atoms with E-state index in [1.54, 1.807) is 18.5 Å². The van der Waals surface area contributed by atoms with Crippen LogP contribution in [-0.2, 0) is 12.8 Å². The quantitative estimate of drug-likeness (QED) is 0.790. The van der Waals surface area contributed by atoms with Crippen LogP contribution in [0.25, 0.3) is 0 Å². The Bertz CT molecular complexity index is 591. The normalized spacial score (nSPS) is 10.5. The molecule has 0 radical (unpaired) electrons. The molecule has 2 rings (SSSR count). The molecule has 4 heteroatoms. The number of Topliss-reactive ketones (excluding diaryl/α,β-unsaturated/α-hetero) is 1. The van der Waals surface area contributed by atoms with Crippen LogP contribution in [0.3, 0.4) is 0 Å². The van der Waals surface area contributed by atoms with Crippen LogP contribution in [0, 0.1) is 11.6 Å². The summed E-state index contributed by atoms with van der Waals surface area (Å²) in [6.45, 7) is 1.93. The first-order valence-electron chi connectivity index (χ1n) is 6.01. The molecule has 0 saturated carbocycles. The molecule has 0 saturated heterocycles. The molecule has 98 valence electrons. The molecule has 0 N–H and O–H groups in total. The Hall–Kier alpha value is -2.10. The van der Waals surface area contributed by atoms with E-state index in [9.17, 15) is 13.6 Å². The van der Waals surface area contributed by atoms with Crippen molar-refractivity contribution in [1.82, 2.24) is 4.98 Å².